The van der Waals surface area contributed by atoms with Gasteiger partial charge in [-0.15, -0.1) is 0 Å². The molecule has 0 fully saturated rings. The van der Waals surface area contributed by atoms with Crippen LogP contribution in [0.15, 0.2) is 34.8 Å². The van der Waals surface area contributed by atoms with Crippen molar-refractivity contribution in [2.24, 2.45) is 0 Å². The smallest absolute Gasteiger partial charge is 0.274 e. The first kappa shape index (κ1) is 19.8. The SMILES string of the molecule is COc1c(C)cc(Br)cc1C(=O)NC(=S)Nc1cccc([N+](=O)[O-])c1C. The molecule has 9 heteroatoms. The third-order valence-electron chi connectivity index (χ3n) is 3.67. The van der Waals surface area contributed by atoms with Crippen molar-refractivity contribution in [3.05, 3.63) is 61.6 Å². The minimum Gasteiger partial charge on any atom is -0.496 e. The van der Waals surface area contributed by atoms with Crippen molar-refractivity contribution in [3.8, 4) is 5.75 Å². The second-order valence-electron chi connectivity index (χ2n) is 5.42. The van der Waals surface area contributed by atoms with Crippen molar-refractivity contribution >= 4 is 50.5 Å². The number of carbonyl (C=O) groups excluding carboxylic acids is 1. The Bertz CT molecular complexity index is 902. The van der Waals surface area contributed by atoms with E-state index in [1.807, 2.05) is 13.0 Å². The highest BCUT2D eigenvalue weighted by atomic mass is 79.9. The Morgan fingerprint density at radius 1 is 1.31 bits per heavy atom. The highest BCUT2D eigenvalue weighted by Gasteiger charge is 2.18. The molecule has 0 aliphatic heterocycles. The summed E-state index contributed by atoms with van der Waals surface area (Å²) in [6, 6.07) is 8.04. The fraction of sp³-hybridized carbons (Fsp3) is 0.176. The number of benzene rings is 2. The van der Waals surface area contributed by atoms with Crippen LogP contribution in [0, 0.1) is 24.0 Å². The number of carbonyl (C=O) groups is 1. The van der Waals surface area contributed by atoms with Gasteiger partial charge in [0, 0.05) is 10.5 Å². The predicted molar refractivity (Wildman–Crippen MR) is 107 cm³/mol. The van der Waals surface area contributed by atoms with Crippen molar-refractivity contribution in [1.29, 1.82) is 0 Å². The van der Waals surface area contributed by atoms with Gasteiger partial charge in [0.1, 0.15) is 5.75 Å². The number of nitrogens with zero attached hydrogens (tertiary/aromatic N) is 1. The molecule has 0 heterocycles. The summed E-state index contributed by atoms with van der Waals surface area (Å²) >= 11 is 8.51. The van der Waals surface area contributed by atoms with Crippen LogP contribution in [0.3, 0.4) is 0 Å². The van der Waals surface area contributed by atoms with E-state index in [0.29, 0.717) is 22.6 Å². The van der Waals surface area contributed by atoms with E-state index in [9.17, 15) is 14.9 Å². The number of thiocarbonyl (C=S) groups is 1. The molecule has 2 rings (SSSR count). The molecule has 26 heavy (non-hydrogen) atoms. The highest BCUT2D eigenvalue weighted by molar-refractivity contribution is 9.10. The van der Waals surface area contributed by atoms with Crippen LogP contribution >= 0.6 is 28.1 Å². The minimum absolute atomic E-state index is 0.0262. The number of nitrogens with one attached hydrogen (secondary N) is 2. The minimum atomic E-state index is -0.475. The van der Waals surface area contributed by atoms with Crippen LogP contribution in [-0.4, -0.2) is 23.1 Å². The van der Waals surface area contributed by atoms with E-state index in [0.717, 1.165) is 10.0 Å². The molecule has 0 aliphatic rings. The number of hydrogen-bond acceptors (Lipinski definition) is 5. The monoisotopic (exact) mass is 437 g/mol. The lowest BCUT2D eigenvalue weighted by Gasteiger charge is -2.14. The van der Waals surface area contributed by atoms with Crippen LogP contribution in [0.5, 0.6) is 5.75 Å². The quantitative estimate of drug-likeness (QED) is 0.424. The fourth-order valence-corrected chi connectivity index (χ4v) is 3.23. The molecule has 2 aromatic rings. The summed E-state index contributed by atoms with van der Waals surface area (Å²) < 4.78 is 6.02. The van der Waals surface area contributed by atoms with E-state index in [-0.39, 0.29) is 10.8 Å². The Labute approximate surface area is 164 Å². The third kappa shape index (κ3) is 4.36. The number of methoxy groups -OCH3 is 1. The average molecular weight is 438 g/mol. The van der Waals surface area contributed by atoms with Gasteiger partial charge in [0.05, 0.1) is 28.8 Å². The first-order valence-electron chi connectivity index (χ1n) is 7.45. The number of aryl methyl sites for hydroxylation is 1. The summed E-state index contributed by atoms with van der Waals surface area (Å²) in [6.45, 7) is 3.43. The number of amides is 1. The summed E-state index contributed by atoms with van der Waals surface area (Å²) in [7, 11) is 1.48. The Kier molecular flexibility index (Phi) is 6.27. The largest absolute Gasteiger partial charge is 0.496 e. The van der Waals surface area contributed by atoms with Gasteiger partial charge in [0.15, 0.2) is 5.11 Å². The molecule has 0 radical (unpaired) electrons. The van der Waals surface area contributed by atoms with Crippen molar-refractivity contribution in [2.45, 2.75) is 13.8 Å². The van der Waals surface area contributed by atoms with Gasteiger partial charge in [-0.25, -0.2) is 0 Å². The molecule has 0 spiro atoms. The van der Waals surface area contributed by atoms with Crippen LogP contribution in [-0.2, 0) is 0 Å². The molecule has 0 aromatic heterocycles. The fourth-order valence-electron chi connectivity index (χ4n) is 2.45. The van der Waals surface area contributed by atoms with E-state index in [1.165, 1.54) is 13.2 Å². The number of anilines is 1. The topological polar surface area (TPSA) is 93.5 Å². The predicted octanol–water partition coefficient (Wildman–Crippen LogP) is 4.11. The van der Waals surface area contributed by atoms with Gasteiger partial charge in [0.2, 0.25) is 0 Å². The van der Waals surface area contributed by atoms with Gasteiger partial charge in [0.25, 0.3) is 11.6 Å². The van der Waals surface area contributed by atoms with Crippen LogP contribution in [0.2, 0.25) is 0 Å². The molecule has 1 amide bonds. The molecule has 136 valence electrons. The van der Waals surface area contributed by atoms with Gasteiger partial charge in [-0.1, -0.05) is 22.0 Å². The number of rotatable bonds is 4. The Morgan fingerprint density at radius 3 is 2.62 bits per heavy atom. The zero-order valence-corrected chi connectivity index (χ0v) is 16.7. The maximum atomic E-state index is 12.5. The molecule has 0 aliphatic carbocycles. The number of nitro groups is 1. The van der Waals surface area contributed by atoms with Crippen LogP contribution in [0.4, 0.5) is 11.4 Å². The van der Waals surface area contributed by atoms with Crippen LogP contribution in [0.1, 0.15) is 21.5 Å². The van der Waals surface area contributed by atoms with Crippen molar-refractivity contribution in [2.75, 3.05) is 12.4 Å². The zero-order chi connectivity index (χ0) is 19.4. The normalized spacial score (nSPS) is 10.2. The van der Waals surface area contributed by atoms with Crippen molar-refractivity contribution in [3.63, 3.8) is 0 Å². The number of ether oxygens (including phenoxy) is 1. The highest BCUT2D eigenvalue weighted by Crippen LogP contribution is 2.28. The summed E-state index contributed by atoms with van der Waals surface area (Å²) in [6.07, 6.45) is 0. The first-order valence-corrected chi connectivity index (χ1v) is 8.65. The van der Waals surface area contributed by atoms with Gasteiger partial charge in [-0.3, -0.25) is 20.2 Å². The maximum Gasteiger partial charge on any atom is 0.274 e. The van der Waals surface area contributed by atoms with Gasteiger partial charge >= 0.3 is 0 Å². The lowest BCUT2D eigenvalue weighted by Crippen LogP contribution is -2.34. The van der Waals surface area contributed by atoms with Gasteiger partial charge in [-0.2, -0.15) is 0 Å². The molecular formula is C17H16BrN3O4S. The number of hydrogen-bond donors (Lipinski definition) is 2. The molecule has 2 aromatic carbocycles. The lowest BCUT2D eigenvalue weighted by atomic mass is 10.1. The summed E-state index contributed by atoms with van der Waals surface area (Å²) in [5.74, 6) is -0.00753. The van der Waals surface area contributed by atoms with Crippen molar-refractivity contribution < 1.29 is 14.5 Å². The van der Waals surface area contributed by atoms with Gasteiger partial charge in [-0.05, 0) is 49.8 Å². The molecule has 2 N–H and O–H groups in total. The molecule has 0 saturated heterocycles. The maximum absolute atomic E-state index is 12.5. The van der Waals surface area contributed by atoms with Gasteiger partial charge < -0.3 is 10.1 Å². The summed E-state index contributed by atoms with van der Waals surface area (Å²) in [5, 5.41) is 16.4. The zero-order valence-electron chi connectivity index (χ0n) is 14.3. The van der Waals surface area contributed by atoms with E-state index in [4.69, 9.17) is 17.0 Å². The van der Waals surface area contributed by atoms with E-state index < -0.39 is 10.8 Å². The Balaban J connectivity index is 2.20. The second kappa shape index (κ2) is 8.24. The molecular weight excluding hydrogens is 422 g/mol. The van der Waals surface area contributed by atoms with E-state index in [1.54, 1.807) is 25.1 Å². The standard InChI is InChI=1S/C17H16BrN3O4S/c1-9-7-11(18)8-12(15(9)25-3)16(22)20-17(26)19-13-5-4-6-14(10(13)2)21(23)24/h4-8H,1-3H3,(H2,19,20,22,26). The Hall–Kier alpha value is -2.52. The molecule has 0 atom stereocenters. The Morgan fingerprint density at radius 2 is 2.00 bits per heavy atom. The lowest BCUT2D eigenvalue weighted by molar-refractivity contribution is -0.385. The van der Waals surface area contributed by atoms with E-state index >= 15 is 0 Å². The van der Waals surface area contributed by atoms with Crippen molar-refractivity contribution in [1.82, 2.24) is 5.32 Å². The molecule has 0 unspecified atom stereocenters. The average Bonchev–Trinajstić information content (AvgIpc) is 2.55. The summed E-state index contributed by atoms with van der Waals surface area (Å²) in [4.78, 5) is 23.1. The number of nitro benzene ring substituents is 1. The molecule has 0 bridgehead atoms. The second-order valence-corrected chi connectivity index (χ2v) is 6.74. The third-order valence-corrected chi connectivity index (χ3v) is 4.33. The number of halogens is 1. The molecule has 7 nitrogen and oxygen atoms in total. The van der Waals surface area contributed by atoms with E-state index in [2.05, 4.69) is 26.6 Å². The van der Waals surface area contributed by atoms with Crippen LogP contribution < -0.4 is 15.4 Å². The summed E-state index contributed by atoms with van der Waals surface area (Å²) in [5.41, 5.74) is 1.94. The molecule has 0 saturated carbocycles. The van der Waals surface area contributed by atoms with Crippen LogP contribution in [0.25, 0.3) is 0 Å². The first-order chi connectivity index (χ1) is 12.2.